The van der Waals surface area contributed by atoms with Crippen molar-refractivity contribution in [3.63, 3.8) is 0 Å². The Labute approximate surface area is 141 Å². The molecule has 5 heteroatoms. The number of hydrogen-bond acceptors (Lipinski definition) is 5. The minimum atomic E-state index is -0.682. The summed E-state index contributed by atoms with van der Waals surface area (Å²) in [5.41, 5.74) is 0. The van der Waals surface area contributed by atoms with Gasteiger partial charge in [-0.25, -0.2) is 0 Å². The Bertz CT molecular complexity index is 350. The zero-order valence-electron chi connectivity index (χ0n) is 15.0. The largest absolute Gasteiger partial charge is 0.395 e. The minimum Gasteiger partial charge on any atom is -0.395 e. The number of nitrogens with zero attached hydrogens (tertiary/aromatic N) is 1. The molecular formula is C18H35NO4. The van der Waals surface area contributed by atoms with Crippen LogP contribution in [-0.2, 0) is 9.47 Å². The lowest BCUT2D eigenvalue weighted by Gasteiger charge is -2.42. The summed E-state index contributed by atoms with van der Waals surface area (Å²) < 4.78 is 11.8. The summed E-state index contributed by atoms with van der Waals surface area (Å²) in [5, 5.41) is 20.2. The van der Waals surface area contributed by atoms with E-state index in [0.717, 1.165) is 13.0 Å². The number of piperidine rings is 1. The second kappa shape index (κ2) is 8.77. The van der Waals surface area contributed by atoms with Gasteiger partial charge in [-0.05, 0) is 26.8 Å². The van der Waals surface area contributed by atoms with Crippen LogP contribution in [0.4, 0.5) is 0 Å². The first kappa shape index (κ1) is 19.1. The van der Waals surface area contributed by atoms with Gasteiger partial charge in [0.25, 0.3) is 0 Å². The van der Waals surface area contributed by atoms with Crippen molar-refractivity contribution >= 4 is 0 Å². The van der Waals surface area contributed by atoms with Gasteiger partial charge in [-0.3, -0.25) is 4.90 Å². The highest BCUT2D eigenvalue weighted by molar-refractivity contribution is 5.00. The summed E-state index contributed by atoms with van der Waals surface area (Å²) in [6.45, 7) is 7.48. The third-order valence-electron chi connectivity index (χ3n) is 5.05. The average Bonchev–Trinajstić information content (AvgIpc) is 2.82. The summed E-state index contributed by atoms with van der Waals surface area (Å²) in [4.78, 5) is 2.18. The Kier molecular flexibility index (Phi) is 7.29. The zero-order valence-corrected chi connectivity index (χ0v) is 15.0. The van der Waals surface area contributed by atoms with E-state index in [9.17, 15) is 10.2 Å². The molecule has 0 aromatic carbocycles. The third-order valence-corrected chi connectivity index (χ3v) is 5.05. The molecule has 2 heterocycles. The molecule has 2 aliphatic heterocycles. The van der Waals surface area contributed by atoms with E-state index >= 15 is 0 Å². The minimum absolute atomic E-state index is 0.0455. The highest BCUT2D eigenvalue weighted by Gasteiger charge is 2.52. The SMILES string of the molecule is CCCCCCCCCN1C[C@H](O)[C@H]2OC(C)(C)O[C@H]2[C@H]1CO. The van der Waals surface area contributed by atoms with Crippen molar-refractivity contribution in [3.8, 4) is 0 Å². The van der Waals surface area contributed by atoms with Gasteiger partial charge in [0.15, 0.2) is 5.79 Å². The fourth-order valence-corrected chi connectivity index (χ4v) is 3.85. The standard InChI is InChI=1S/C18H35NO4/c1-4-5-6-7-8-9-10-11-19-12-15(21)17-16(14(19)13-20)22-18(2,3)23-17/h14-17,20-21H,4-13H2,1-3H3/t14-,15+,16+,17-/m1/s1. The van der Waals surface area contributed by atoms with E-state index in [1.165, 1.54) is 38.5 Å². The van der Waals surface area contributed by atoms with Gasteiger partial charge in [0.05, 0.1) is 18.8 Å². The summed E-state index contributed by atoms with van der Waals surface area (Å²) in [7, 11) is 0. The maximum Gasteiger partial charge on any atom is 0.163 e. The lowest BCUT2D eigenvalue weighted by Crippen LogP contribution is -2.61. The van der Waals surface area contributed by atoms with Gasteiger partial charge in [0.2, 0.25) is 0 Å². The van der Waals surface area contributed by atoms with E-state index in [2.05, 4.69) is 11.8 Å². The Hall–Kier alpha value is -0.200. The monoisotopic (exact) mass is 329 g/mol. The van der Waals surface area contributed by atoms with Crippen LogP contribution >= 0.6 is 0 Å². The zero-order chi connectivity index (χ0) is 16.9. The van der Waals surface area contributed by atoms with Crippen molar-refractivity contribution in [3.05, 3.63) is 0 Å². The Morgan fingerprint density at radius 2 is 1.61 bits per heavy atom. The first-order valence-corrected chi connectivity index (χ1v) is 9.37. The smallest absolute Gasteiger partial charge is 0.163 e. The van der Waals surface area contributed by atoms with Crippen LogP contribution in [0.1, 0.15) is 65.7 Å². The quantitative estimate of drug-likeness (QED) is 0.636. The molecule has 23 heavy (non-hydrogen) atoms. The molecule has 0 unspecified atom stereocenters. The van der Waals surface area contributed by atoms with Gasteiger partial charge in [0, 0.05) is 6.54 Å². The number of aliphatic hydroxyl groups excluding tert-OH is 2. The van der Waals surface area contributed by atoms with Crippen molar-refractivity contribution in [2.45, 2.75) is 95.9 Å². The van der Waals surface area contributed by atoms with Gasteiger partial charge in [-0.2, -0.15) is 0 Å². The predicted molar refractivity (Wildman–Crippen MR) is 90.3 cm³/mol. The number of aliphatic hydroxyl groups is 2. The van der Waals surface area contributed by atoms with Crippen molar-refractivity contribution in [2.24, 2.45) is 0 Å². The van der Waals surface area contributed by atoms with Crippen LogP contribution in [0.5, 0.6) is 0 Å². The number of unbranched alkanes of at least 4 members (excludes halogenated alkanes) is 6. The van der Waals surface area contributed by atoms with E-state index in [1.54, 1.807) is 0 Å². The van der Waals surface area contributed by atoms with E-state index in [-0.39, 0.29) is 24.9 Å². The molecule has 0 aromatic rings. The fraction of sp³-hybridized carbons (Fsp3) is 1.00. The molecule has 136 valence electrons. The number of β-amino-alcohol motifs (C(OH)–C–C–N with tert-alkyl or cyclic N) is 1. The van der Waals surface area contributed by atoms with Crippen LogP contribution in [0.15, 0.2) is 0 Å². The molecule has 0 bridgehead atoms. The number of likely N-dealkylation sites (tertiary alicyclic amines) is 1. The fourth-order valence-electron chi connectivity index (χ4n) is 3.85. The number of hydrogen-bond donors (Lipinski definition) is 2. The van der Waals surface area contributed by atoms with Crippen molar-refractivity contribution in [1.82, 2.24) is 4.90 Å². The van der Waals surface area contributed by atoms with Gasteiger partial charge >= 0.3 is 0 Å². The van der Waals surface area contributed by atoms with E-state index in [1.807, 2.05) is 13.8 Å². The summed E-state index contributed by atoms with van der Waals surface area (Å²) in [5.74, 6) is -0.682. The van der Waals surface area contributed by atoms with Gasteiger partial charge in [-0.1, -0.05) is 45.4 Å². The molecule has 0 aliphatic carbocycles. The molecule has 2 aliphatic rings. The molecule has 0 saturated carbocycles. The third kappa shape index (κ3) is 5.13. The molecule has 2 N–H and O–H groups in total. The first-order chi connectivity index (χ1) is 11.0. The van der Waals surface area contributed by atoms with E-state index in [4.69, 9.17) is 9.47 Å². The Morgan fingerprint density at radius 3 is 2.26 bits per heavy atom. The molecule has 5 nitrogen and oxygen atoms in total. The maximum absolute atomic E-state index is 10.4. The Morgan fingerprint density at radius 1 is 1.00 bits per heavy atom. The van der Waals surface area contributed by atoms with Gasteiger partial charge < -0.3 is 19.7 Å². The molecular weight excluding hydrogens is 294 g/mol. The molecule has 0 amide bonds. The molecule has 0 radical (unpaired) electrons. The lowest BCUT2D eigenvalue weighted by molar-refractivity contribution is -0.153. The van der Waals surface area contributed by atoms with Crippen LogP contribution < -0.4 is 0 Å². The van der Waals surface area contributed by atoms with Crippen LogP contribution in [-0.4, -0.2) is 65.0 Å². The number of ether oxygens (including phenoxy) is 2. The number of rotatable bonds is 9. The molecule has 2 saturated heterocycles. The molecule has 2 fully saturated rings. The van der Waals surface area contributed by atoms with Gasteiger partial charge in [0.1, 0.15) is 12.2 Å². The average molecular weight is 329 g/mol. The second-order valence-corrected chi connectivity index (χ2v) is 7.50. The summed E-state index contributed by atoms with van der Waals surface area (Å²) in [6.07, 6.45) is 7.75. The normalized spacial score (nSPS) is 33.8. The summed E-state index contributed by atoms with van der Waals surface area (Å²) in [6, 6.07) is -0.0785. The van der Waals surface area contributed by atoms with E-state index in [0.29, 0.717) is 6.54 Å². The molecule has 2 rings (SSSR count). The van der Waals surface area contributed by atoms with Gasteiger partial charge in [-0.15, -0.1) is 0 Å². The topological polar surface area (TPSA) is 62.2 Å². The maximum atomic E-state index is 10.4. The van der Waals surface area contributed by atoms with Crippen LogP contribution in [0.25, 0.3) is 0 Å². The molecule has 0 spiro atoms. The molecule has 4 atom stereocenters. The highest BCUT2D eigenvalue weighted by atomic mass is 16.8. The first-order valence-electron chi connectivity index (χ1n) is 9.37. The van der Waals surface area contributed by atoms with Crippen LogP contribution in [0.2, 0.25) is 0 Å². The molecule has 0 aromatic heterocycles. The second-order valence-electron chi connectivity index (χ2n) is 7.50. The lowest BCUT2D eigenvalue weighted by atomic mass is 9.94. The van der Waals surface area contributed by atoms with Crippen molar-refractivity contribution < 1.29 is 19.7 Å². The van der Waals surface area contributed by atoms with E-state index < -0.39 is 11.9 Å². The number of fused-ring (bicyclic) bond motifs is 1. The van der Waals surface area contributed by atoms with Crippen LogP contribution in [0, 0.1) is 0 Å². The van der Waals surface area contributed by atoms with Crippen molar-refractivity contribution in [2.75, 3.05) is 19.7 Å². The predicted octanol–water partition coefficient (Wildman–Crippen LogP) is 2.29. The van der Waals surface area contributed by atoms with Crippen LogP contribution in [0.3, 0.4) is 0 Å². The highest BCUT2D eigenvalue weighted by Crippen LogP contribution is 2.36. The Balaban J connectivity index is 1.78. The van der Waals surface area contributed by atoms with Crippen molar-refractivity contribution in [1.29, 1.82) is 0 Å². The summed E-state index contributed by atoms with van der Waals surface area (Å²) >= 11 is 0.